The molecule has 1 rings (SSSR count). The van der Waals surface area contributed by atoms with Gasteiger partial charge in [0.2, 0.25) is 10.0 Å². The van der Waals surface area contributed by atoms with Crippen LogP contribution in [0, 0.1) is 0 Å². The lowest BCUT2D eigenvalue weighted by atomic mass is 10.2. The maximum atomic E-state index is 10.9. The summed E-state index contributed by atoms with van der Waals surface area (Å²) in [6.07, 6.45) is 0. The highest BCUT2D eigenvalue weighted by Gasteiger charge is 2.09. The summed E-state index contributed by atoms with van der Waals surface area (Å²) in [4.78, 5) is 0.105. The SMILES string of the molecule is Nc1ccc(S(N)(=O)=O)cc1CI. The number of primary sulfonamides is 1. The average molecular weight is 312 g/mol. The molecule has 0 spiro atoms. The minimum atomic E-state index is -3.61. The van der Waals surface area contributed by atoms with Crippen molar-refractivity contribution in [2.45, 2.75) is 9.32 Å². The molecular formula is C7H9IN2O2S. The van der Waals surface area contributed by atoms with Gasteiger partial charge in [0.05, 0.1) is 4.90 Å². The van der Waals surface area contributed by atoms with Crippen LogP contribution >= 0.6 is 22.6 Å². The van der Waals surface area contributed by atoms with E-state index in [1.807, 2.05) is 0 Å². The van der Waals surface area contributed by atoms with Crippen LogP contribution in [-0.2, 0) is 14.5 Å². The van der Waals surface area contributed by atoms with Gasteiger partial charge in [-0.05, 0) is 23.8 Å². The van der Waals surface area contributed by atoms with E-state index in [1.165, 1.54) is 12.1 Å². The molecule has 0 fully saturated rings. The Morgan fingerprint density at radius 2 is 2.00 bits per heavy atom. The fraction of sp³-hybridized carbons (Fsp3) is 0.143. The van der Waals surface area contributed by atoms with Gasteiger partial charge in [0, 0.05) is 10.1 Å². The van der Waals surface area contributed by atoms with Gasteiger partial charge in [0.15, 0.2) is 0 Å². The predicted molar refractivity (Wildman–Crippen MR) is 60.0 cm³/mol. The molecule has 0 unspecified atom stereocenters. The summed E-state index contributed by atoms with van der Waals surface area (Å²) in [5, 5.41) is 4.96. The molecule has 0 aliphatic rings. The third-order valence-corrected chi connectivity index (χ3v) is 3.32. The van der Waals surface area contributed by atoms with Gasteiger partial charge in [-0.3, -0.25) is 0 Å². The minimum Gasteiger partial charge on any atom is -0.398 e. The van der Waals surface area contributed by atoms with Crippen LogP contribution in [0.3, 0.4) is 0 Å². The fourth-order valence-electron chi connectivity index (χ4n) is 0.875. The highest BCUT2D eigenvalue weighted by molar-refractivity contribution is 14.1. The van der Waals surface area contributed by atoms with Crippen molar-refractivity contribution in [2.24, 2.45) is 5.14 Å². The van der Waals surface area contributed by atoms with Crippen molar-refractivity contribution >= 4 is 38.3 Å². The Balaban J connectivity index is 3.30. The molecule has 0 aliphatic heterocycles. The number of hydrogen-bond acceptors (Lipinski definition) is 3. The number of benzene rings is 1. The lowest BCUT2D eigenvalue weighted by Gasteiger charge is -2.03. The van der Waals surface area contributed by atoms with E-state index in [9.17, 15) is 8.42 Å². The van der Waals surface area contributed by atoms with Crippen LogP contribution in [0.5, 0.6) is 0 Å². The number of anilines is 1. The van der Waals surface area contributed by atoms with E-state index in [2.05, 4.69) is 22.6 Å². The van der Waals surface area contributed by atoms with E-state index in [-0.39, 0.29) is 4.90 Å². The number of hydrogen-bond donors (Lipinski definition) is 2. The molecule has 72 valence electrons. The molecule has 0 radical (unpaired) electrons. The molecule has 0 aromatic heterocycles. The molecule has 1 aromatic carbocycles. The maximum Gasteiger partial charge on any atom is 0.238 e. The number of rotatable bonds is 2. The van der Waals surface area contributed by atoms with Crippen molar-refractivity contribution in [1.29, 1.82) is 0 Å². The van der Waals surface area contributed by atoms with E-state index in [0.717, 1.165) is 5.56 Å². The Labute approximate surface area is 90.5 Å². The average Bonchev–Trinajstić information content (AvgIpc) is 2.03. The Bertz CT molecular complexity index is 417. The van der Waals surface area contributed by atoms with Gasteiger partial charge < -0.3 is 5.73 Å². The van der Waals surface area contributed by atoms with Gasteiger partial charge >= 0.3 is 0 Å². The van der Waals surface area contributed by atoms with Crippen LogP contribution < -0.4 is 10.9 Å². The Morgan fingerprint density at radius 1 is 1.38 bits per heavy atom. The largest absolute Gasteiger partial charge is 0.398 e. The summed E-state index contributed by atoms with van der Waals surface area (Å²) < 4.78 is 22.6. The Kier molecular flexibility index (Phi) is 3.14. The molecule has 0 saturated heterocycles. The number of nitrogen functional groups attached to an aromatic ring is 1. The molecule has 0 amide bonds. The third kappa shape index (κ3) is 2.55. The predicted octanol–water partition coefficient (Wildman–Crippen LogP) is 0.851. The first-order valence-electron chi connectivity index (χ1n) is 3.42. The van der Waals surface area contributed by atoms with Crippen molar-refractivity contribution in [2.75, 3.05) is 5.73 Å². The lowest BCUT2D eigenvalue weighted by Crippen LogP contribution is -2.12. The fourth-order valence-corrected chi connectivity index (χ4v) is 2.10. The first-order valence-corrected chi connectivity index (χ1v) is 6.49. The second kappa shape index (κ2) is 3.81. The molecule has 1 aromatic rings. The van der Waals surface area contributed by atoms with Gasteiger partial charge in [-0.2, -0.15) is 0 Å². The summed E-state index contributed by atoms with van der Waals surface area (Å²) in [5.41, 5.74) is 6.97. The smallest absolute Gasteiger partial charge is 0.238 e. The van der Waals surface area contributed by atoms with Crippen molar-refractivity contribution < 1.29 is 8.42 Å². The van der Waals surface area contributed by atoms with Crippen LogP contribution in [0.25, 0.3) is 0 Å². The van der Waals surface area contributed by atoms with Crippen molar-refractivity contribution in [1.82, 2.24) is 0 Å². The number of alkyl halides is 1. The van der Waals surface area contributed by atoms with Gasteiger partial charge in [-0.1, -0.05) is 22.6 Å². The molecule has 0 aliphatic carbocycles. The second-order valence-electron chi connectivity index (χ2n) is 2.54. The zero-order chi connectivity index (χ0) is 10.1. The standard InChI is InChI=1S/C7H9IN2O2S/c8-4-5-3-6(13(10,11)12)1-2-7(5)9/h1-3H,4,9H2,(H2,10,11,12). The number of sulfonamides is 1. The maximum absolute atomic E-state index is 10.9. The Hall–Kier alpha value is -0.340. The number of nitrogens with two attached hydrogens (primary N) is 2. The first-order chi connectivity index (χ1) is 5.95. The third-order valence-electron chi connectivity index (χ3n) is 1.59. The van der Waals surface area contributed by atoms with E-state index in [4.69, 9.17) is 10.9 Å². The molecule has 4 N–H and O–H groups in total. The highest BCUT2D eigenvalue weighted by atomic mass is 127. The summed E-state index contributed by atoms with van der Waals surface area (Å²) in [6, 6.07) is 4.45. The molecular weight excluding hydrogens is 303 g/mol. The second-order valence-corrected chi connectivity index (χ2v) is 4.86. The lowest BCUT2D eigenvalue weighted by molar-refractivity contribution is 0.597. The van der Waals surface area contributed by atoms with E-state index < -0.39 is 10.0 Å². The minimum absolute atomic E-state index is 0.105. The van der Waals surface area contributed by atoms with Crippen LogP contribution in [0.4, 0.5) is 5.69 Å². The van der Waals surface area contributed by atoms with E-state index in [0.29, 0.717) is 10.1 Å². The summed E-state index contributed by atoms with van der Waals surface area (Å²) in [7, 11) is -3.61. The topological polar surface area (TPSA) is 86.2 Å². The Morgan fingerprint density at radius 3 is 2.46 bits per heavy atom. The quantitative estimate of drug-likeness (QED) is 0.482. The van der Waals surface area contributed by atoms with Crippen LogP contribution in [-0.4, -0.2) is 8.42 Å². The van der Waals surface area contributed by atoms with Crippen LogP contribution in [0.1, 0.15) is 5.56 Å². The molecule has 0 saturated carbocycles. The molecule has 6 heteroatoms. The zero-order valence-electron chi connectivity index (χ0n) is 6.70. The number of halogens is 1. The normalized spacial score (nSPS) is 11.5. The van der Waals surface area contributed by atoms with Crippen molar-refractivity contribution in [3.05, 3.63) is 23.8 Å². The molecule has 13 heavy (non-hydrogen) atoms. The summed E-state index contributed by atoms with van der Waals surface area (Å²) in [5.74, 6) is 0. The van der Waals surface area contributed by atoms with Gasteiger partial charge in [0.25, 0.3) is 0 Å². The zero-order valence-corrected chi connectivity index (χ0v) is 9.67. The molecule has 0 heterocycles. The van der Waals surface area contributed by atoms with Crippen molar-refractivity contribution in [3.8, 4) is 0 Å². The van der Waals surface area contributed by atoms with Crippen LogP contribution in [0.15, 0.2) is 23.1 Å². The van der Waals surface area contributed by atoms with E-state index in [1.54, 1.807) is 6.07 Å². The first kappa shape index (κ1) is 10.7. The van der Waals surface area contributed by atoms with Crippen molar-refractivity contribution in [3.63, 3.8) is 0 Å². The molecule has 4 nitrogen and oxygen atoms in total. The van der Waals surface area contributed by atoms with Gasteiger partial charge in [0.1, 0.15) is 0 Å². The summed E-state index contributed by atoms with van der Waals surface area (Å²) in [6.45, 7) is 0. The van der Waals surface area contributed by atoms with Crippen LogP contribution in [0.2, 0.25) is 0 Å². The van der Waals surface area contributed by atoms with Gasteiger partial charge in [-0.25, -0.2) is 13.6 Å². The molecule has 0 bridgehead atoms. The van der Waals surface area contributed by atoms with E-state index >= 15 is 0 Å². The molecule has 0 atom stereocenters. The monoisotopic (exact) mass is 312 g/mol. The summed E-state index contributed by atoms with van der Waals surface area (Å²) >= 11 is 2.11. The van der Waals surface area contributed by atoms with Gasteiger partial charge in [-0.15, -0.1) is 0 Å². The highest BCUT2D eigenvalue weighted by Crippen LogP contribution is 2.19.